The number of benzene rings is 6. The molecule has 0 bridgehead atoms. The van der Waals surface area contributed by atoms with Gasteiger partial charge in [-0.15, -0.1) is 0 Å². The molecule has 0 radical (unpaired) electrons. The first kappa shape index (κ1) is 27.1. The van der Waals surface area contributed by atoms with Gasteiger partial charge < -0.3 is 14.5 Å². The third-order valence-corrected chi connectivity index (χ3v) is 10.5. The lowest BCUT2D eigenvalue weighted by Crippen LogP contribution is -2.33. The normalized spacial score (nSPS) is 15.5. The summed E-state index contributed by atoms with van der Waals surface area (Å²) in [6.07, 6.45) is 0. The van der Waals surface area contributed by atoms with Gasteiger partial charge in [-0.2, -0.15) is 0 Å². The van der Waals surface area contributed by atoms with E-state index in [2.05, 4.69) is 172 Å². The molecule has 6 aromatic carbocycles. The fourth-order valence-electron chi connectivity index (χ4n) is 8.21. The zero-order chi connectivity index (χ0) is 31.4. The van der Waals surface area contributed by atoms with Crippen LogP contribution >= 0.6 is 0 Å². The molecular formula is C43H36N2O. The minimum absolute atomic E-state index is 0.105. The maximum Gasteiger partial charge on any atom is 0.175 e. The summed E-state index contributed by atoms with van der Waals surface area (Å²) in [7, 11) is 0. The summed E-state index contributed by atoms with van der Waals surface area (Å²) in [6, 6.07) is 46.3. The van der Waals surface area contributed by atoms with E-state index in [0.717, 1.165) is 39.9 Å². The zero-order valence-electron chi connectivity index (χ0n) is 26.9. The highest BCUT2D eigenvalue weighted by Gasteiger charge is 2.44. The highest BCUT2D eigenvalue weighted by molar-refractivity contribution is 5.99. The summed E-state index contributed by atoms with van der Waals surface area (Å²) >= 11 is 0. The molecule has 2 aliphatic heterocycles. The lowest BCUT2D eigenvalue weighted by atomic mass is 9.73. The van der Waals surface area contributed by atoms with Gasteiger partial charge in [0.2, 0.25) is 0 Å². The molecule has 3 nitrogen and oxygen atoms in total. The van der Waals surface area contributed by atoms with Crippen molar-refractivity contribution in [1.82, 2.24) is 0 Å². The molecule has 3 heteroatoms. The Kier molecular flexibility index (Phi) is 5.51. The van der Waals surface area contributed by atoms with E-state index in [4.69, 9.17) is 4.74 Å². The van der Waals surface area contributed by atoms with Gasteiger partial charge in [-0.05, 0) is 88.3 Å². The molecule has 1 aliphatic carbocycles. The number of rotatable bonds is 3. The van der Waals surface area contributed by atoms with Crippen LogP contribution in [0.1, 0.15) is 55.5 Å². The van der Waals surface area contributed by atoms with Crippen LogP contribution in [0.4, 0.5) is 34.1 Å². The molecule has 0 fully saturated rings. The first-order valence-corrected chi connectivity index (χ1v) is 16.2. The summed E-state index contributed by atoms with van der Waals surface area (Å²) in [5.41, 5.74) is 15.5. The Labute approximate surface area is 271 Å². The number of nitrogens with zero attached hydrogens (tertiary/aromatic N) is 2. The van der Waals surface area contributed by atoms with Crippen molar-refractivity contribution in [1.29, 1.82) is 0 Å². The summed E-state index contributed by atoms with van der Waals surface area (Å²) < 4.78 is 7.07. The highest BCUT2D eigenvalue weighted by atomic mass is 16.5. The van der Waals surface area contributed by atoms with Gasteiger partial charge in [0.25, 0.3) is 0 Å². The van der Waals surface area contributed by atoms with Crippen molar-refractivity contribution in [2.45, 2.75) is 45.4 Å². The minimum Gasteiger partial charge on any atom is -0.451 e. The predicted molar refractivity (Wildman–Crippen MR) is 190 cm³/mol. The zero-order valence-corrected chi connectivity index (χ0v) is 26.9. The van der Waals surface area contributed by atoms with Crippen LogP contribution in [0.2, 0.25) is 0 Å². The number of hydrogen-bond acceptors (Lipinski definition) is 3. The van der Waals surface area contributed by atoms with E-state index in [1.54, 1.807) is 0 Å². The van der Waals surface area contributed by atoms with E-state index in [9.17, 15) is 0 Å². The Bertz CT molecular complexity index is 2210. The highest BCUT2D eigenvalue weighted by Crippen LogP contribution is 2.63. The molecule has 0 aromatic heterocycles. The Morgan fingerprint density at radius 2 is 1.24 bits per heavy atom. The van der Waals surface area contributed by atoms with Gasteiger partial charge in [-0.25, -0.2) is 0 Å². The van der Waals surface area contributed by atoms with E-state index in [0.29, 0.717) is 0 Å². The van der Waals surface area contributed by atoms with E-state index in [1.165, 1.54) is 44.6 Å². The van der Waals surface area contributed by atoms with Gasteiger partial charge in [0.1, 0.15) is 0 Å². The molecule has 0 N–H and O–H groups in total. The molecule has 0 atom stereocenters. The molecule has 0 spiro atoms. The first-order chi connectivity index (χ1) is 22.3. The van der Waals surface area contributed by atoms with Gasteiger partial charge in [-0.3, -0.25) is 0 Å². The Morgan fingerprint density at radius 3 is 2.07 bits per heavy atom. The van der Waals surface area contributed by atoms with Crippen molar-refractivity contribution in [3.8, 4) is 22.6 Å². The topological polar surface area (TPSA) is 15.7 Å². The van der Waals surface area contributed by atoms with Gasteiger partial charge >= 0.3 is 0 Å². The Hall–Kier alpha value is -5.28. The number of aryl methyl sites for hydroxylation is 1. The summed E-state index contributed by atoms with van der Waals surface area (Å²) in [4.78, 5) is 4.83. The molecule has 0 unspecified atom stereocenters. The molecular weight excluding hydrogens is 560 g/mol. The number of anilines is 6. The van der Waals surface area contributed by atoms with Crippen LogP contribution in [-0.2, 0) is 10.8 Å². The predicted octanol–water partition coefficient (Wildman–Crippen LogP) is 12.0. The number of hydrogen-bond donors (Lipinski definition) is 0. The maximum atomic E-state index is 7.07. The van der Waals surface area contributed by atoms with E-state index in [1.807, 2.05) is 0 Å². The summed E-state index contributed by atoms with van der Waals surface area (Å²) in [5.74, 6) is 1.75. The largest absolute Gasteiger partial charge is 0.451 e. The van der Waals surface area contributed by atoms with E-state index >= 15 is 0 Å². The minimum atomic E-state index is -0.208. The van der Waals surface area contributed by atoms with Crippen LogP contribution in [0.3, 0.4) is 0 Å². The van der Waals surface area contributed by atoms with Crippen LogP contribution < -0.4 is 14.5 Å². The molecule has 224 valence electrons. The average Bonchev–Trinajstić information content (AvgIpc) is 3.30. The molecule has 0 saturated heterocycles. The standard InChI is InChI=1S/C43H36N2O/c1-27-14-13-21-38-39(27)45-36-20-12-11-19-33(36)43(4,5)34-24-25-37(41(46-38)40(34)45)44(28-15-7-6-8-16-28)29-22-23-31-30-17-9-10-18-32(30)42(2,3)35(31)26-29/h6-26H,1-5H3. The monoisotopic (exact) mass is 596 g/mol. The van der Waals surface area contributed by atoms with Crippen LogP contribution in [-0.4, -0.2) is 0 Å². The first-order valence-electron chi connectivity index (χ1n) is 16.2. The molecule has 0 saturated carbocycles. The lowest BCUT2D eigenvalue weighted by Gasteiger charge is -2.46. The maximum absolute atomic E-state index is 7.07. The van der Waals surface area contributed by atoms with Crippen molar-refractivity contribution in [2.75, 3.05) is 9.80 Å². The Morgan fingerprint density at radius 1 is 0.543 bits per heavy atom. The average molecular weight is 597 g/mol. The Balaban J connectivity index is 1.32. The molecule has 0 amide bonds. The van der Waals surface area contributed by atoms with Crippen molar-refractivity contribution in [3.05, 3.63) is 155 Å². The van der Waals surface area contributed by atoms with Gasteiger partial charge in [-0.1, -0.05) is 113 Å². The second-order valence-corrected chi connectivity index (χ2v) is 13.9. The SMILES string of the molecule is Cc1cccc2c1N1c3ccccc3C(C)(C)c3ccc(N(c4ccccc4)c4ccc5c(c4)C(C)(C)c4ccccc4-5)c(c31)O2. The second-order valence-electron chi connectivity index (χ2n) is 13.9. The summed E-state index contributed by atoms with van der Waals surface area (Å²) in [6.45, 7) is 11.5. The van der Waals surface area contributed by atoms with Crippen LogP contribution in [0.25, 0.3) is 11.1 Å². The van der Waals surface area contributed by atoms with Gasteiger partial charge in [0, 0.05) is 22.2 Å². The van der Waals surface area contributed by atoms with Gasteiger partial charge in [0.15, 0.2) is 11.5 Å². The van der Waals surface area contributed by atoms with Crippen LogP contribution in [0.5, 0.6) is 11.5 Å². The van der Waals surface area contributed by atoms with Crippen LogP contribution in [0, 0.1) is 6.92 Å². The lowest BCUT2D eigenvalue weighted by molar-refractivity contribution is 0.472. The van der Waals surface area contributed by atoms with E-state index < -0.39 is 0 Å². The second kappa shape index (κ2) is 9.37. The van der Waals surface area contributed by atoms with E-state index in [-0.39, 0.29) is 10.8 Å². The third-order valence-electron chi connectivity index (χ3n) is 10.5. The van der Waals surface area contributed by atoms with Crippen LogP contribution in [0.15, 0.2) is 127 Å². The smallest absolute Gasteiger partial charge is 0.175 e. The summed E-state index contributed by atoms with van der Waals surface area (Å²) in [5, 5.41) is 0. The molecule has 46 heavy (non-hydrogen) atoms. The molecule has 2 heterocycles. The van der Waals surface area contributed by atoms with Crippen molar-refractivity contribution in [3.63, 3.8) is 0 Å². The number of para-hydroxylation sites is 3. The van der Waals surface area contributed by atoms with Gasteiger partial charge in [0.05, 0.1) is 22.7 Å². The molecule has 6 aromatic rings. The molecule has 9 rings (SSSR count). The number of fused-ring (bicyclic) bond motifs is 7. The van der Waals surface area contributed by atoms with Crippen molar-refractivity contribution in [2.24, 2.45) is 0 Å². The quantitative estimate of drug-likeness (QED) is 0.202. The third kappa shape index (κ3) is 3.54. The number of ether oxygens (including phenoxy) is 1. The fraction of sp³-hybridized carbons (Fsp3) is 0.163. The van der Waals surface area contributed by atoms with Crippen molar-refractivity contribution >= 4 is 34.1 Å². The van der Waals surface area contributed by atoms with Crippen molar-refractivity contribution < 1.29 is 4.74 Å². The fourth-order valence-corrected chi connectivity index (χ4v) is 8.21. The molecule has 3 aliphatic rings.